The Balaban J connectivity index is 2.33. The monoisotopic (exact) mass is 276 g/mol. The average molecular weight is 276 g/mol. The van der Waals surface area contributed by atoms with Crippen molar-refractivity contribution in [3.8, 4) is 0 Å². The Morgan fingerprint density at radius 2 is 2.06 bits per heavy atom. The van der Waals surface area contributed by atoms with E-state index < -0.39 is 12.0 Å². The molecule has 1 aliphatic heterocycles. The summed E-state index contributed by atoms with van der Waals surface area (Å²) >= 11 is 1.37. The molecule has 2 N–H and O–H groups in total. The van der Waals surface area contributed by atoms with Crippen molar-refractivity contribution in [2.75, 3.05) is 39.2 Å². The van der Waals surface area contributed by atoms with Crippen LogP contribution in [0.2, 0.25) is 0 Å². The van der Waals surface area contributed by atoms with Crippen molar-refractivity contribution in [1.82, 2.24) is 4.90 Å². The van der Waals surface area contributed by atoms with Gasteiger partial charge in [-0.05, 0) is 6.92 Å². The van der Waals surface area contributed by atoms with Crippen LogP contribution in [0.3, 0.4) is 0 Å². The van der Waals surface area contributed by atoms with Crippen LogP contribution < -0.4 is 5.73 Å². The van der Waals surface area contributed by atoms with Gasteiger partial charge in [0.1, 0.15) is 6.04 Å². The molecule has 104 valence electrons. The minimum atomic E-state index is -0.681. The summed E-state index contributed by atoms with van der Waals surface area (Å²) in [7, 11) is 1.30. The van der Waals surface area contributed by atoms with E-state index in [0.717, 1.165) is 0 Å². The predicted molar refractivity (Wildman–Crippen MR) is 69.3 cm³/mol. The van der Waals surface area contributed by atoms with Crippen LogP contribution in [0.25, 0.3) is 0 Å². The molecule has 0 bridgehead atoms. The molecular weight excluding hydrogens is 256 g/mol. The van der Waals surface area contributed by atoms with Crippen LogP contribution in [0.5, 0.6) is 0 Å². The second-order valence-corrected chi connectivity index (χ2v) is 5.42. The molecule has 0 aromatic rings. The van der Waals surface area contributed by atoms with Gasteiger partial charge in [0, 0.05) is 18.8 Å². The van der Waals surface area contributed by atoms with Crippen LogP contribution in [-0.4, -0.2) is 67.2 Å². The maximum atomic E-state index is 12.0. The minimum absolute atomic E-state index is 0.0698. The number of carbonyl (C=O) groups excluding carboxylic acids is 2. The molecule has 0 radical (unpaired) electrons. The zero-order chi connectivity index (χ0) is 13.5. The fourth-order valence-corrected chi connectivity index (χ4v) is 2.50. The first-order valence-electron chi connectivity index (χ1n) is 5.87. The molecule has 0 aromatic heterocycles. The Hall–Kier alpha value is -0.790. The third-order valence-electron chi connectivity index (χ3n) is 2.70. The average Bonchev–Trinajstić information content (AvgIpc) is 2.43. The standard InChI is InChI=1S/C11H20N2O4S/c1-8(18-7-9(12)11(15)16-2)10(14)13-3-5-17-6-4-13/h8-9H,3-7,12H2,1-2H3. The van der Waals surface area contributed by atoms with Gasteiger partial charge in [0.15, 0.2) is 0 Å². The number of hydrogen-bond donors (Lipinski definition) is 1. The van der Waals surface area contributed by atoms with Crippen molar-refractivity contribution in [1.29, 1.82) is 0 Å². The molecule has 2 unspecified atom stereocenters. The molecule has 1 fully saturated rings. The van der Waals surface area contributed by atoms with Gasteiger partial charge in [0.25, 0.3) is 0 Å². The minimum Gasteiger partial charge on any atom is -0.468 e. The van der Waals surface area contributed by atoms with Crippen LogP contribution in [0, 0.1) is 0 Å². The van der Waals surface area contributed by atoms with E-state index in [9.17, 15) is 9.59 Å². The second-order valence-electron chi connectivity index (χ2n) is 4.04. The van der Waals surface area contributed by atoms with Gasteiger partial charge in [-0.1, -0.05) is 0 Å². The smallest absolute Gasteiger partial charge is 0.323 e. The second kappa shape index (κ2) is 7.60. The molecule has 1 amide bonds. The summed E-state index contributed by atoms with van der Waals surface area (Å²) in [5, 5.41) is -0.209. The van der Waals surface area contributed by atoms with E-state index in [0.29, 0.717) is 32.1 Å². The zero-order valence-electron chi connectivity index (χ0n) is 10.8. The number of morpholine rings is 1. The summed E-state index contributed by atoms with van der Waals surface area (Å²) in [5.41, 5.74) is 5.61. The van der Waals surface area contributed by atoms with Gasteiger partial charge in [-0.2, -0.15) is 0 Å². The first-order valence-corrected chi connectivity index (χ1v) is 6.92. The molecular formula is C11H20N2O4S. The lowest BCUT2D eigenvalue weighted by atomic mass is 10.3. The summed E-state index contributed by atoms with van der Waals surface area (Å²) in [6.45, 7) is 4.27. The molecule has 6 nitrogen and oxygen atoms in total. The highest BCUT2D eigenvalue weighted by Crippen LogP contribution is 2.15. The highest BCUT2D eigenvalue weighted by atomic mass is 32.2. The van der Waals surface area contributed by atoms with Gasteiger partial charge in [-0.25, -0.2) is 0 Å². The molecule has 2 atom stereocenters. The van der Waals surface area contributed by atoms with Crippen molar-refractivity contribution in [2.24, 2.45) is 5.73 Å². The third-order valence-corrected chi connectivity index (χ3v) is 3.95. The molecule has 1 heterocycles. The van der Waals surface area contributed by atoms with E-state index in [2.05, 4.69) is 4.74 Å². The molecule has 0 aromatic carbocycles. The van der Waals surface area contributed by atoms with Gasteiger partial charge in [0.2, 0.25) is 5.91 Å². The molecule has 0 saturated carbocycles. The number of thioether (sulfide) groups is 1. The largest absolute Gasteiger partial charge is 0.468 e. The lowest BCUT2D eigenvalue weighted by molar-refractivity contribution is -0.141. The van der Waals surface area contributed by atoms with Crippen molar-refractivity contribution < 1.29 is 19.1 Å². The molecule has 0 spiro atoms. The molecule has 1 aliphatic rings. The number of esters is 1. The summed E-state index contributed by atoms with van der Waals surface area (Å²) < 4.78 is 9.72. The van der Waals surface area contributed by atoms with E-state index in [1.54, 1.807) is 4.90 Å². The number of nitrogens with two attached hydrogens (primary N) is 1. The van der Waals surface area contributed by atoms with Crippen molar-refractivity contribution in [2.45, 2.75) is 18.2 Å². The number of ether oxygens (including phenoxy) is 2. The summed E-state index contributed by atoms with van der Waals surface area (Å²) in [4.78, 5) is 24.9. The predicted octanol–water partition coefficient (Wildman–Crippen LogP) is -0.533. The topological polar surface area (TPSA) is 81.9 Å². The van der Waals surface area contributed by atoms with E-state index in [1.165, 1.54) is 18.9 Å². The van der Waals surface area contributed by atoms with Gasteiger partial charge >= 0.3 is 5.97 Å². The number of amides is 1. The fourth-order valence-electron chi connectivity index (χ4n) is 1.58. The molecule has 7 heteroatoms. The van der Waals surface area contributed by atoms with E-state index in [1.807, 2.05) is 6.92 Å². The van der Waals surface area contributed by atoms with Crippen molar-refractivity contribution in [3.05, 3.63) is 0 Å². The van der Waals surface area contributed by atoms with E-state index in [-0.39, 0.29) is 11.2 Å². The molecule has 1 saturated heterocycles. The molecule has 0 aliphatic carbocycles. The maximum Gasteiger partial charge on any atom is 0.323 e. The Kier molecular flexibility index (Phi) is 6.45. The number of carbonyl (C=O) groups is 2. The summed E-state index contributed by atoms with van der Waals surface area (Å²) in [6.07, 6.45) is 0. The third kappa shape index (κ3) is 4.47. The van der Waals surface area contributed by atoms with Gasteiger partial charge in [0.05, 0.1) is 25.6 Å². The Morgan fingerprint density at radius 1 is 1.44 bits per heavy atom. The first-order chi connectivity index (χ1) is 8.56. The lowest BCUT2D eigenvalue weighted by Gasteiger charge is -2.29. The van der Waals surface area contributed by atoms with E-state index >= 15 is 0 Å². The number of hydrogen-bond acceptors (Lipinski definition) is 6. The van der Waals surface area contributed by atoms with Crippen molar-refractivity contribution >= 4 is 23.6 Å². The van der Waals surface area contributed by atoms with Crippen LogP contribution in [0.15, 0.2) is 0 Å². The lowest BCUT2D eigenvalue weighted by Crippen LogP contribution is -2.44. The Morgan fingerprint density at radius 3 is 2.61 bits per heavy atom. The SMILES string of the molecule is COC(=O)C(N)CSC(C)C(=O)N1CCOCC1. The molecule has 1 rings (SSSR count). The van der Waals surface area contributed by atoms with Gasteiger partial charge in [-0.3, -0.25) is 9.59 Å². The van der Waals surface area contributed by atoms with Crippen LogP contribution in [0.4, 0.5) is 0 Å². The van der Waals surface area contributed by atoms with Crippen molar-refractivity contribution in [3.63, 3.8) is 0 Å². The van der Waals surface area contributed by atoms with Crippen LogP contribution in [-0.2, 0) is 19.1 Å². The highest BCUT2D eigenvalue weighted by molar-refractivity contribution is 8.00. The first kappa shape index (κ1) is 15.3. The molecule has 18 heavy (non-hydrogen) atoms. The Labute approximate surface area is 111 Å². The normalized spacial score (nSPS) is 19.2. The summed E-state index contributed by atoms with van der Waals surface area (Å²) in [6, 6.07) is -0.681. The van der Waals surface area contributed by atoms with Gasteiger partial charge in [-0.15, -0.1) is 11.8 Å². The Bertz CT molecular complexity index is 295. The van der Waals surface area contributed by atoms with Crippen LogP contribution >= 0.6 is 11.8 Å². The number of methoxy groups -OCH3 is 1. The van der Waals surface area contributed by atoms with Crippen LogP contribution in [0.1, 0.15) is 6.92 Å². The van der Waals surface area contributed by atoms with E-state index in [4.69, 9.17) is 10.5 Å². The van der Waals surface area contributed by atoms with Gasteiger partial charge < -0.3 is 20.1 Å². The quantitative estimate of drug-likeness (QED) is 0.680. The number of rotatable bonds is 5. The zero-order valence-corrected chi connectivity index (χ0v) is 11.6. The fraction of sp³-hybridized carbons (Fsp3) is 0.818. The maximum absolute atomic E-state index is 12.0. The highest BCUT2D eigenvalue weighted by Gasteiger charge is 2.24. The number of nitrogens with zero attached hydrogens (tertiary/aromatic N) is 1. The summed E-state index contributed by atoms with van der Waals surface area (Å²) in [5.74, 6) is -0.00177.